The van der Waals surface area contributed by atoms with Crippen molar-refractivity contribution >= 4 is 23.6 Å². The molecule has 21 heavy (non-hydrogen) atoms. The minimum atomic E-state index is -0.489. The van der Waals surface area contributed by atoms with E-state index in [1.807, 2.05) is 18.2 Å². The third-order valence-corrected chi connectivity index (χ3v) is 3.17. The number of thioether (sulfide) groups is 1. The van der Waals surface area contributed by atoms with Crippen LogP contribution in [0.5, 0.6) is 5.75 Å². The van der Waals surface area contributed by atoms with Crippen molar-refractivity contribution in [3.05, 3.63) is 29.8 Å². The fourth-order valence-corrected chi connectivity index (χ4v) is 1.88. The van der Waals surface area contributed by atoms with Crippen molar-refractivity contribution in [2.45, 2.75) is 6.54 Å². The summed E-state index contributed by atoms with van der Waals surface area (Å²) in [5, 5.41) is 6.44. The zero-order valence-corrected chi connectivity index (χ0v) is 13.2. The number of nitrogens with one attached hydrogen (secondary N) is 2. The van der Waals surface area contributed by atoms with E-state index in [4.69, 9.17) is 10.5 Å². The molecule has 116 valence electrons. The summed E-state index contributed by atoms with van der Waals surface area (Å²) in [6.45, 7) is 1.37. The molecular formula is C14H22N4O2S. The molecule has 0 bridgehead atoms. The molecule has 0 aliphatic rings. The monoisotopic (exact) mass is 310 g/mol. The van der Waals surface area contributed by atoms with E-state index in [1.165, 1.54) is 0 Å². The van der Waals surface area contributed by atoms with Crippen LogP contribution in [0.15, 0.2) is 29.3 Å². The number of primary amides is 1. The number of ether oxygens (including phenoxy) is 1. The summed E-state index contributed by atoms with van der Waals surface area (Å²) in [6.07, 6.45) is 2.06. The Morgan fingerprint density at radius 3 is 2.90 bits per heavy atom. The van der Waals surface area contributed by atoms with E-state index in [0.29, 0.717) is 12.3 Å². The van der Waals surface area contributed by atoms with E-state index in [2.05, 4.69) is 21.9 Å². The molecule has 1 amide bonds. The molecule has 1 aromatic rings. The average molecular weight is 310 g/mol. The highest BCUT2D eigenvalue weighted by Gasteiger charge is 2.01. The first-order valence-electron chi connectivity index (χ1n) is 6.59. The van der Waals surface area contributed by atoms with Crippen molar-refractivity contribution in [2.24, 2.45) is 10.7 Å². The number of rotatable bonds is 8. The van der Waals surface area contributed by atoms with Crippen molar-refractivity contribution in [1.29, 1.82) is 0 Å². The van der Waals surface area contributed by atoms with Gasteiger partial charge in [-0.05, 0) is 24.0 Å². The van der Waals surface area contributed by atoms with Gasteiger partial charge >= 0.3 is 0 Å². The van der Waals surface area contributed by atoms with Crippen LogP contribution in [0, 0.1) is 0 Å². The van der Waals surface area contributed by atoms with Crippen LogP contribution in [-0.4, -0.2) is 44.1 Å². The lowest BCUT2D eigenvalue weighted by molar-refractivity contribution is -0.119. The number of guanidine groups is 1. The number of carbonyl (C=O) groups is 1. The van der Waals surface area contributed by atoms with E-state index in [9.17, 15) is 4.79 Å². The molecule has 0 heterocycles. The summed E-state index contributed by atoms with van der Waals surface area (Å²) in [7, 11) is 1.74. The number of benzene rings is 1. The van der Waals surface area contributed by atoms with Gasteiger partial charge in [-0.3, -0.25) is 9.79 Å². The summed E-state index contributed by atoms with van der Waals surface area (Å²) in [5.74, 6) is 1.92. The molecule has 0 radical (unpaired) electrons. The number of nitrogens with zero attached hydrogens (tertiary/aromatic N) is 1. The van der Waals surface area contributed by atoms with E-state index >= 15 is 0 Å². The standard InChI is InChI=1S/C14H22N4O2S/c1-16-14(17-6-7-21-2)18-9-11-4-3-5-12(8-11)20-10-13(15)19/h3-5,8H,6-7,9-10H2,1-2H3,(H2,15,19)(H2,16,17,18). The Labute approximate surface area is 129 Å². The molecule has 1 aromatic carbocycles. The number of amides is 1. The second kappa shape index (κ2) is 9.93. The van der Waals surface area contributed by atoms with Crippen molar-refractivity contribution in [1.82, 2.24) is 10.6 Å². The van der Waals surface area contributed by atoms with Gasteiger partial charge in [0.25, 0.3) is 5.91 Å². The summed E-state index contributed by atoms with van der Waals surface area (Å²) in [5.41, 5.74) is 6.08. The van der Waals surface area contributed by atoms with Gasteiger partial charge in [0.15, 0.2) is 12.6 Å². The van der Waals surface area contributed by atoms with Gasteiger partial charge < -0.3 is 21.1 Å². The first kappa shape index (κ1) is 17.2. The summed E-state index contributed by atoms with van der Waals surface area (Å²) < 4.78 is 5.27. The molecule has 0 saturated carbocycles. The molecule has 0 saturated heterocycles. The van der Waals surface area contributed by atoms with E-state index in [1.54, 1.807) is 24.9 Å². The van der Waals surface area contributed by atoms with Gasteiger partial charge in [-0.2, -0.15) is 11.8 Å². The molecule has 4 N–H and O–H groups in total. The molecule has 0 aromatic heterocycles. The van der Waals surface area contributed by atoms with Crippen LogP contribution in [0.4, 0.5) is 0 Å². The minimum absolute atomic E-state index is 0.116. The zero-order valence-electron chi connectivity index (χ0n) is 12.4. The summed E-state index contributed by atoms with van der Waals surface area (Å²) in [6, 6.07) is 7.50. The number of hydrogen-bond donors (Lipinski definition) is 3. The van der Waals surface area contributed by atoms with Crippen LogP contribution >= 0.6 is 11.8 Å². The first-order chi connectivity index (χ1) is 10.2. The highest BCUT2D eigenvalue weighted by molar-refractivity contribution is 7.98. The molecule has 0 unspecified atom stereocenters. The van der Waals surface area contributed by atoms with Gasteiger partial charge in [-0.1, -0.05) is 12.1 Å². The maximum atomic E-state index is 10.7. The highest BCUT2D eigenvalue weighted by Crippen LogP contribution is 2.12. The fourth-order valence-electron chi connectivity index (χ4n) is 1.58. The SMILES string of the molecule is CN=C(NCCSC)NCc1cccc(OCC(N)=O)c1. The van der Waals surface area contributed by atoms with E-state index in [0.717, 1.165) is 23.8 Å². The van der Waals surface area contributed by atoms with Crippen molar-refractivity contribution in [3.63, 3.8) is 0 Å². The lowest BCUT2D eigenvalue weighted by Gasteiger charge is -2.12. The Morgan fingerprint density at radius 2 is 2.24 bits per heavy atom. The number of hydrogen-bond acceptors (Lipinski definition) is 4. The summed E-state index contributed by atoms with van der Waals surface area (Å²) >= 11 is 1.78. The maximum absolute atomic E-state index is 10.7. The van der Waals surface area contributed by atoms with E-state index in [-0.39, 0.29) is 6.61 Å². The first-order valence-corrected chi connectivity index (χ1v) is 7.98. The summed E-state index contributed by atoms with van der Waals surface area (Å²) in [4.78, 5) is 14.8. The lowest BCUT2D eigenvalue weighted by Crippen LogP contribution is -2.37. The zero-order chi connectivity index (χ0) is 15.5. The number of nitrogens with two attached hydrogens (primary N) is 1. The quantitative estimate of drug-likeness (QED) is 0.371. The van der Waals surface area contributed by atoms with Gasteiger partial charge in [-0.15, -0.1) is 0 Å². The Kier molecular flexibility index (Phi) is 8.11. The molecule has 0 atom stereocenters. The van der Waals surface area contributed by atoms with Crippen LogP contribution in [0.3, 0.4) is 0 Å². The van der Waals surface area contributed by atoms with Crippen LogP contribution in [0.1, 0.15) is 5.56 Å². The van der Waals surface area contributed by atoms with Crippen LogP contribution in [0.2, 0.25) is 0 Å². The van der Waals surface area contributed by atoms with Crippen molar-refractivity contribution in [3.8, 4) is 5.75 Å². The Hall–Kier alpha value is -1.89. The third-order valence-electron chi connectivity index (χ3n) is 2.56. The Balaban J connectivity index is 2.46. The second-order valence-electron chi connectivity index (χ2n) is 4.25. The molecule has 0 aliphatic heterocycles. The number of aliphatic imine (C=N–C) groups is 1. The largest absolute Gasteiger partial charge is 0.484 e. The smallest absolute Gasteiger partial charge is 0.255 e. The molecular weight excluding hydrogens is 288 g/mol. The molecule has 0 aliphatic carbocycles. The molecule has 0 fully saturated rings. The topological polar surface area (TPSA) is 88.7 Å². The van der Waals surface area contributed by atoms with Gasteiger partial charge in [0.1, 0.15) is 5.75 Å². The lowest BCUT2D eigenvalue weighted by atomic mass is 10.2. The molecule has 6 nitrogen and oxygen atoms in total. The van der Waals surface area contributed by atoms with Crippen molar-refractivity contribution < 1.29 is 9.53 Å². The van der Waals surface area contributed by atoms with Crippen LogP contribution < -0.4 is 21.1 Å². The van der Waals surface area contributed by atoms with Gasteiger partial charge in [0, 0.05) is 25.9 Å². The van der Waals surface area contributed by atoms with Crippen LogP contribution in [-0.2, 0) is 11.3 Å². The predicted molar refractivity (Wildman–Crippen MR) is 87.7 cm³/mol. The van der Waals surface area contributed by atoms with Crippen LogP contribution in [0.25, 0.3) is 0 Å². The van der Waals surface area contributed by atoms with Gasteiger partial charge in [0.2, 0.25) is 0 Å². The number of carbonyl (C=O) groups excluding carboxylic acids is 1. The molecule has 1 rings (SSSR count). The van der Waals surface area contributed by atoms with E-state index < -0.39 is 5.91 Å². The molecule has 7 heteroatoms. The van der Waals surface area contributed by atoms with Gasteiger partial charge in [-0.25, -0.2) is 0 Å². The minimum Gasteiger partial charge on any atom is -0.484 e. The fraction of sp³-hybridized carbons (Fsp3) is 0.429. The van der Waals surface area contributed by atoms with Crippen molar-refractivity contribution in [2.75, 3.05) is 32.2 Å². The third kappa shape index (κ3) is 7.45. The Bertz CT molecular complexity index is 480. The highest BCUT2D eigenvalue weighted by atomic mass is 32.2. The predicted octanol–water partition coefficient (Wildman–Crippen LogP) is 0.579. The normalized spacial score (nSPS) is 11.0. The average Bonchev–Trinajstić information content (AvgIpc) is 2.49. The second-order valence-corrected chi connectivity index (χ2v) is 5.23. The molecule has 0 spiro atoms. The Morgan fingerprint density at radius 1 is 1.43 bits per heavy atom. The maximum Gasteiger partial charge on any atom is 0.255 e. The van der Waals surface area contributed by atoms with Gasteiger partial charge in [0.05, 0.1) is 0 Å².